The van der Waals surface area contributed by atoms with Gasteiger partial charge < -0.3 is 3.07 Å². The van der Waals surface area contributed by atoms with Gasteiger partial charge in [0.25, 0.3) is 0 Å². The van der Waals surface area contributed by atoms with E-state index >= 15 is 0 Å². The van der Waals surface area contributed by atoms with E-state index in [1.165, 1.54) is 51.4 Å². The standard InChI is InChI=1S/C13H21IOS2/c14-15-13-9-5-1-3-7-11(9)16-17-12-8-4-2-6-10(12)13/h9-13H,1-8H2. The van der Waals surface area contributed by atoms with Crippen molar-refractivity contribution >= 4 is 44.6 Å². The van der Waals surface area contributed by atoms with Crippen molar-refractivity contribution in [2.45, 2.75) is 68.0 Å². The molecule has 98 valence electrons. The minimum atomic E-state index is 0.550. The molecule has 4 unspecified atom stereocenters. The summed E-state index contributed by atoms with van der Waals surface area (Å²) in [6.07, 6.45) is 12.0. The van der Waals surface area contributed by atoms with Gasteiger partial charge in [0.1, 0.15) is 23.0 Å². The molecule has 1 heterocycles. The summed E-state index contributed by atoms with van der Waals surface area (Å²) in [4.78, 5) is 0. The third-order valence-corrected chi connectivity index (χ3v) is 8.94. The highest BCUT2D eigenvalue weighted by Gasteiger charge is 2.44. The Morgan fingerprint density at radius 1 is 0.765 bits per heavy atom. The van der Waals surface area contributed by atoms with Crippen molar-refractivity contribution < 1.29 is 3.07 Å². The molecule has 0 spiro atoms. The molecule has 17 heavy (non-hydrogen) atoms. The fourth-order valence-corrected chi connectivity index (χ4v) is 8.56. The Labute approximate surface area is 127 Å². The van der Waals surface area contributed by atoms with Gasteiger partial charge in [-0.25, -0.2) is 0 Å². The average Bonchev–Trinajstić information content (AvgIpc) is 2.55. The van der Waals surface area contributed by atoms with Gasteiger partial charge in [-0.1, -0.05) is 47.3 Å². The molecular weight excluding hydrogens is 363 g/mol. The van der Waals surface area contributed by atoms with Gasteiger partial charge in [-0.2, -0.15) is 0 Å². The Bertz CT molecular complexity index is 240. The maximum Gasteiger partial charge on any atom is 0.110 e. The second-order valence-corrected chi connectivity index (χ2v) is 8.98. The van der Waals surface area contributed by atoms with Crippen molar-refractivity contribution in [2.24, 2.45) is 11.8 Å². The first-order chi connectivity index (χ1) is 8.40. The van der Waals surface area contributed by atoms with E-state index in [9.17, 15) is 0 Å². The van der Waals surface area contributed by atoms with Gasteiger partial charge in [0.05, 0.1) is 6.10 Å². The zero-order chi connectivity index (χ0) is 11.7. The number of rotatable bonds is 1. The lowest BCUT2D eigenvalue weighted by molar-refractivity contribution is 0.0829. The van der Waals surface area contributed by atoms with E-state index in [1.807, 2.05) is 0 Å². The minimum Gasteiger partial charge on any atom is -0.312 e. The molecule has 0 amide bonds. The van der Waals surface area contributed by atoms with Crippen LogP contribution in [0.15, 0.2) is 0 Å². The van der Waals surface area contributed by atoms with Crippen molar-refractivity contribution in [3.05, 3.63) is 0 Å². The molecule has 0 radical (unpaired) electrons. The van der Waals surface area contributed by atoms with Crippen LogP contribution < -0.4 is 0 Å². The van der Waals surface area contributed by atoms with Crippen LogP contribution in [-0.2, 0) is 3.07 Å². The third kappa shape index (κ3) is 2.79. The van der Waals surface area contributed by atoms with Gasteiger partial charge in [-0.15, -0.1) is 0 Å². The number of hydrogen-bond acceptors (Lipinski definition) is 3. The minimum absolute atomic E-state index is 0.550. The van der Waals surface area contributed by atoms with Crippen molar-refractivity contribution in [1.82, 2.24) is 0 Å². The molecule has 3 fully saturated rings. The molecule has 0 aromatic carbocycles. The molecule has 0 N–H and O–H groups in total. The van der Waals surface area contributed by atoms with Gasteiger partial charge in [0.15, 0.2) is 0 Å². The summed E-state index contributed by atoms with van der Waals surface area (Å²) in [6.45, 7) is 0. The summed E-state index contributed by atoms with van der Waals surface area (Å²) < 4.78 is 5.95. The van der Waals surface area contributed by atoms with Crippen LogP contribution in [0.25, 0.3) is 0 Å². The lowest BCUT2D eigenvalue weighted by atomic mass is 9.75. The van der Waals surface area contributed by atoms with E-state index in [0.29, 0.717) is 6.10 Å². The van der Waals surface area contributed by atoms with E-state index < -0.39 is 0 Å². The van der Waals surface area contributed by atoms with Crippen LogP contribution in [0.1, 0.15) is 51.4 Å². The van der Waals surface area contributed by atoms with Crippen LogP contribution in [0.2, 0.25) is 0 Å². The number of halogens is 1. The highest BCUT2D eigenvalue weighted by atomic mass is 127. The SMILES string of the molecule is IOC1C2CCCCC2SSC2CCCCC21. The van der Waals surface area contributed by atoms with Crippen LogP contribution in [0.3, 0.4) is 0 Å². The molecule has 1 saturated heterocycles. The normalized spacial score (nSPS) is 46.8. The maximum absolute atomic E-state index is 5.95. The summed E-state index contributed by atoms with van der Waals surface area (Å²) in [5.74, 6) is 1.68. The number of hydrogen-bond donors (Lipinski definition) is 0. The Kier molecular flexibility index (Phi) is 4.90. The molecule has 0 bridgehead atoms. The van der Waals surface area contributed by atoms with Crippen LogP contribution >= 0.6 is 44.6 Å². The average molecular weight is 384 g/mol. The summed E-state index contributed by atoms with van der Waals surface area (Å²) in [7, 11) is 4.41. The molecule has 1 aliphatic heterocycles. The van der Waals surface area contributed by atoms with Gasteiger partial charge in [-0.3, -0.25) is 0 Å². The predicted octanol–water partition coefficient (Wildman–Crippen LogP) is 5.23. The Hall–Kier alpha value is 1.39. The van der Waals surface area contributed by atoms with E-state index in [0.717, 1.165) is 22.3 Å². The molecule has 0 aromatic heterocycles. The molecule has 2 aliphatic carbocycles. The highest BCUT2D eigenvalue weighted by molar-refractivity contribution is 14.1. The van der Waals surface area contributed by atoms with Crippen LogP contribution in [0, 0.1) is 11.8 Å². The predicted molar refractivity (Wildman–Crippen MR) is 85.6 cm³/mol. The van der Waals surface area contributed by atoms with Crippen LogP contribution in [-0.4, -0.2) is 16.6 Å². The first-order valence-corrected chi connectivity index (χ1v) is 10.2. The van der Waals surface area contributed by atoms with Gasteiger partial charge >= 0.3 is 0 Å². The Balaban J connectivity index is 1.81. The Morgan fingerprint density at radius 2 is 1.24 bits per heavy atom. The fourth-order valence-electron chi connectivity index (χ4n) is 3.83. The summed E-state index contributed by atoms with van der Waals surface area (Å²) in [6, 6.07) is 0. The third-order valence-electron chi connectivity index (χ3n) is 4.76. The fraction of sp³-hybridized carbons (Fsp3) is 1.00. The molecule has 4 atom stereocenters. The summed E-state index contributed by atoms with van der Waals surface area (Å²) >= 11 is 2.18. The van der Waals surface area contributed by atoms with Crippen molar-refractivity contribution in [2.75, 3.05) is 0 Å². The van der Waals surface area contributed by atoms with Crippen LogP contribution in [0.5, 0.6) is 0 Å². The van der Waals surface area contributed by atoms with Gasteiger partial charge in [0.2, 0.25) is 0 Å². The molecule has 3 rings (SSSR count). The van der Waals surface area contributed by atoms with E-state index in [1.54, 1.807) is 0 Å². The monoisotopic (exact) mass is 384 g/mol. The second-order valence-electron chi connectivity index (χ2n) is 5.72. The molecule has 2 saturated carbocycles. The zero-order valence-electron chi connectivity index (χ0n) is 10.1. The molecule has 0 aromatic rings. The van der Waals surface area contributed by atoms with Crippen molar-refractivity contribution in [3.8, 4) is 0 Å². The molecule has 1 nitrogen and oxygen atoms in total. The first kappa shape index (κ1) is 13.4. The quantitative estimate of drug-likeness (QED) is 0.452. The summed E-state index contributed by atoms with van der Waals surface area (Å²) in [5, 5.41) is 1.75. The van der Waals surface area contributed by atoms with E-state index in [4.69, 9.17) is 3.07 Å². The largest absolute Gasteiger partial charge is 0.312 e. The maximum atomic E-state index is 5.95. The van der Waals surface area contributed by atoms with Crippen molar-refractivity contribution in [3.63, 3.8) is 0 Å². The highest BCUT2D eigenvalue weighted by Crippen LogP contribution is 2.53. The van der Waals surface area contributed by atoms with Gasteiger partial charge in [0, 0.05) is 10.5 Å². The van der Waals surface area contributed by atoms with Crippen LogP contribution in [0.4, 0.5) is 0 Å². The lowest BCUT2D eigenvalue weighted by Crippen LogP contribution is -2.40. The molecule has 3 aliphatic rings. The second kappa shape index (κ2) is 6.23. The zero-order valence-corrected chi connectivity index (χ0v) is 13.9. The summed E-state index contributed by atoms with van der Waals surface area (Å²) in [5.41, 5.74) is 0. The topological polar surface area (TPSA) is 9.23 Å². The first-order valence-electron chi connectivity index (χ1n) is 6.99. The molecular formula is C13H21IOS2. The van der Waals surface area contributed by atoms with Gasteiger partial charge in [-0.05, 0) is 37.5 Å². The lowest BCUT2D eigenvalue weighted by Gasteiger charge is -2.38. The molecule has 4 heteroatoms. The van der Waals surface area contributed by atoms with Crippen molar-refractivity contribution in [1.29, 1.82) is 0 Å². The Morgan fingerprint density at radius 3 is 1.71 bits per heavy atom. The van der Waals surface area contributed by atoms with E-state index in [2.05, 4.69) is 44.6 Å². The van der Waals surface area contributed by atoms with E-state index in [-0.39, 0.29) is 0 Å². The number of fused-ring (bicyclic) bond motifs is 2. The smallest absolute Gasteiger partial charge is 0.110 e.